The Morgan fingerprint density at radius 2 is 2.41 bits per heavy atom. The molecule has 1 aromatic heterocycles. The number of nitrogens with zero attached hydrogens (tertiary/aromatic N) is 2. The summed E-state index contributed by atoms with van der Waals surface area (Å²) in [5.74, 6) is 0.737. The van der Waals surface area contributed by atoms with Crippen molar-refractivity contribution in [2.45, 2.75) is 31.8 Å². The van der Waals surface area contributed by atoms with E-state index in [4.69, 9.17) is 16.3 Å². The van der Waals surface area contributed by atoms with E-state index >= 15 is 0 Å². The molecule has 1 aromatic rings. The summed E-state index contributed by atoms with van der Waals surface area (Å²) in [7, 11) is 0. The second-order valence-corrected chi connectivity index (χ2v) is 5.23. The van der Waals surface area contributed by atoms with Crippen LogP contribution in [0.4, 0.5) is 5.82 Å². The molecule has 0 aromatic carbocycles. The van der Waals surface area contributed by atoms with Gasteiger partial charge in [0.25, 0.3) is 0 Å². The van der Waals surface area contributed by atoms with Gasteiger partial charge in [-0.25, -0.2) is 4.98 Å². The Morgan fingerprint density at radius 1 is 1.53 bits per heavy atom. The normalized spacial score (nSPS) is 20.2. The zero-order valence-electron chi connectivity index (χ0n) is 9.46. The summed E-state index contributed by atoms with van der Waals surface area (Å²) in [5.41, 5.74) is 0. The van der Waals surface area contributed by atoms with Gasteiger partial charge in [-0.1, -0.05) is 0 Å². The number of halogens is 2. The van der Waals surface area contributed by atoms with Crippen molar-refractivity contribution < 1.29 is 4.74 Å². The van der Waals surface area contributed by atoms with Gasteiger partial charge in [0, 0.05) is 19.3 Å². The maximum absolute atomic E-state index is 5.74. The van der Waals surface area contributed by atoms with Crippen molar-refractivity contribution in [2.24, 2.45) is 0 Å². The molecule has 0 spiro atoms. The summed E-state index contributed by atoms with van der Waals surface area (Å²) in [6, 6.07) is 0. The van der Waals surface area contributed by atoms with Gasteiger partial charge in [0.05, 0.1) is 10.6 Å². The molecule has 1 atom stereocenters. The first kappa shape index (κ1) is 13.1. The number of rotatable bonds is 4. The fourth-order valence-corrected chi connectivity index (χ4v) is 2.32. The van der Waals surface area contributed by atoms with Crippen molar-refractivity contribution in [3.8, 4) is 0 Å². The number of hydrogen-bond donors (Lipinski definition) is 1. The number of aromatic nitrogens is 2. The van der Waals surface area contributed by atoms with Gasteiger partial charge in [-0.2, -0.15) is 4.98 Å². The zero-order chi connectivity index (χ0) is 12.1. The van der Waals surface area contributed by atoms with Gasteiger partial charge in [-0.05, 0) is 53.2 Å². The summed E-state index contributed by atoms with van der Waals surface area (Å²) >= 11 is 9.12. The summed E-state index contributed by atoms with van der Waals surface area (Å²) in [6.45, 7) is 1.73. The van der Waals surface area contributed by atoms with E-state index < -0.39 is 0 Å². The molecule has 0 saturated carbocycles. The Morgan fingerprint density at radius 3 is 3.18 bits per heavy atom. The van der Waals surface area contributed by atoms with Crippen LogP contribution < -0.4 is 5.32 Å². The van der Waals surface area contributed by atoms with Crippen molar-refractivity contribution in [1.29, 1.82) is 0 Å². The second-order valence-electron chi connectivity index (χ2n) is 4.04. The molecule has 0 bridgehead atoms. The lowest BCUT2D eigenvalue weighted by Crippen LogP contribution is -2.22. The van der Waals surface area contributed by atoms with Crippen molar-refractivity contribution in [3.05, 3.63) is 16.0 Å². The van der Waals surface area contributed by atoms with E-state index in [1.165, 1.54) is 12.8 Å². The molecule has 1 fully saturated rings. The molecule has 0 radical (unpaired) electrons. The maximum Gasteiger partial charge on any atom is 0.224 e. The van der Waals surface area contributed by atoms with Gasteiger partial charge >= 0.3 is 0 Å². The van der Waals surface area contributed by atoms with Crippen LogP contribution in [0.25, 0.3) is 0 Å². The molecule has 17 heavy (non-hydrogen) atoms. The van der Waals surface area contributed by atoms with Crippen LogP contribution in [-0.2, 0) is 4.74 Å². The average Bonchev–Trinajstić information content (AvgIpc) is 2.35. The maximum atomic E-state index is 5.74. The van der Waals surface area contributed by atoms with Gasteiger partial charge in [0.15, 0.2) is 0 Å². The molecular weight excluding hydrogens is 305 g/mol. The molecule has 94 valence electrons. The first-order chi connectivity index (χ1) is 8.25. The SMILES string of the molecule is Clc1ncc(Br)c(NCCC2CCCCO2)n1. The molecule has 1 N–H and O–H groups in total. The van der Waals surface area contributed by atoms with Gasteiger partial charge in [-0.15, -0.1) is 0 Å². The van der Waals surface area contributed by atoms with Gasteiger partial charge in [0.2, 0.25) is 5.28 Å². The van der Waals surface area contributed by atoms with E-state index in [2.05, 4.69) is 31.2 Å². The van der Waals surface area contributed by atoms with Crippen molar-refractivity contribution in [2.75, 3.05) is 18.5 Å². The first-order valence-corrected chi connectivity index (χ1v) is 6.96. The summed E-state index contributed by atoms with van der Waals surface area (Å²) in [6.07, 6.45) is 6.65. The molecule has 1 aliphatic rings. The predicted octanol–water partition coefficient (Wildman–Crippen LogP) is 3.26. The van der Waals surface area contributed by atoms with Crippen molar-refractivity contribution >= 4 is 33.3 Å². The van der Waals surface area contributed by atoms with E-state index in [0.29, 0.717) is 6.10 Å². The number of anilines is 1. The van der Waals surface area contributed by atoms with Crippen molar-refractivity contribution in [1.82, 2.24) is 9.97 Å². The number of ether oxygens (including phenoxy) is 1. The monoisotopic (exact) mass is 319 g/mol. The first-order valence-electron chi connectivity index (χ1n) is 5.79. The highest BCUT2D eigenvalue weighted by molar-refractivity contribution is 9.10. The standard InChI is InChI=1S/C11H15BrClN3O/c12-9-7-15-11(13)16-10(9)14-5-4-8-3-1-2-6-17-8/h7-8H,1-6H2,(H,14,15,16). The van der Waals surface area contributed by atoms with E-state index in [1.54, 1.807) is 6.20 Å². The molecule has 6 heteroatoms. The Hall–Kier alpha value is -0.390. The minimum absolute atomic E-state index is 0.254. The minimum atomic E-state index is 0.254. The van der Waals surface area contributed by atoms with E-state index in [1.807, 2.05) is 0 Å². The Kier molecular flexibility index (Phi) is 5.00. The highest BCUT2D eigenvalue weighted by Crippen LogP contribution is 2.21. The molecule has 4 nitrogen and oxygen atoms in total. The minimum Gasteiger partial charge on any atom is -0.378 e. The van der Waals surface area contributed by atoms with Crippen LogP contribution in [-0.4, -0.2) is 29.2 Å². The van der Waals surface area contributed by atoms with Crippen LogP contribution >= 0.6 is 27.5 Å². The molecular formula is C11H15BrClN3O. The van der Waals surface area contributed by atoms with Crippen LogP contribution in [0, 0.1) is 0 Å². The van der Waals surface area contributed by atoms with Crippen LogP contribution in [0.5, 0.6) is 0 Å². The van der Waals surface area contributed by atoms with Crippen LogP contribution in [0.2, 0.25) is 5.28 Å². The third-order valence-electron chi connectivity index (χ3n) is 2.75. The summed E-state index contributed by atoms with van der Waals surface area (Å²) in [4.78, 5) is 7.99. The second kappa shape index (κ2) is 6.52. The predicted molar refractivity (Wildman–Crippen MR) is 71.4 cm³/mol. The third-order valence-corrected chi connectivity index (χ3v) is 3.51. The lowest BCUT2D eigenvalue weighted by Gasteiger charge is -2.22. The molecule has 1 unspecified atom stereocenters. The molecule has 0 amide bonds. The summed E-state index contributed by atoms with van der Waals surface area (Å²) in [5, 5.41) is 3.49. The molecule has 0 aliphatic carbocycles. The van der Waals surface area contributed by atoms with Gasteiger partial charge < -0.3 is 10.1 Å². The zero-order valence-corrected chi connectivity index (χ0v) is 11.8. The number of nitrogens with one attached hydrogen (secondary N) is 1. The summed E-state index contributed by atoms with van der Waals surface area (Å²) < 4.78 is 6.48. The van der Waals surface area contributed by atoms with Crippen LogP contribution in [0.3, 0.4) is 0 Å². The third kappa shape index (κ3) is 4.08. The Bertz CT molecular complexity index is 372. The quantitative estimate of drug-likeness (QED) is 0.865. The molecule has 2 rings (SSSR count). The fraction of sp³-hybridized carbons (Fsp3) is 0.636. The van der Waals surface area contributed by atoms with E-state index in [-0.39, 0.29) is 5.28 Å². The molecule has 2 heterocycles. The molecule has 1 saturated heterocycles. The smallest absolute Gasteiger partial charge is 0.224 e. The molecule has 1 aliphatic heterocycles. The van der Waals surface area contributed by atoms with Gasteiger partial charge in [-0.3, -0.25) is 0 Å². The van der Waals surface area contributed by atoms with Crippen LogP contribution in [0.15, 0.2) is 10.7 Å². The lowest BCUT2D eigenvalue weighted by molar-refractivity contribution is 0.0134. The highest BCUT2D eigenvalue weighted by atomic mass is 79.9. The Labute approximate surface area is 114 Å². The van der Waals surface area contributed by atoms with Crippen LogP contribution in [0.1, 0.15) is 25.7 Å². The topological polar surface area (TPSA) is 47.0 Å². The largest absolute Gasteiger partial charge is 0.378 e. The highest BCUT2D eigenvalue weighted by Gasteiger charge is 2.13. The van der Waals surface area contributed by atoms with E-state index in [0.717, 1.165) is 36.3 Å². The van der Waals surface area contributed by atoms with E-state index in [9.17, 15) is 0 Å². The lowest BCUT2D eigenvalue weighted by atomic mass is 10.1. The Balaban J connectivity index is 1.79. The number of hydrogen-bond acceptors (Lipinski definition) is 4. The van der Waals surface area contributed by atoms with Crippen molar-refractivity contribution in [3.63, 3.8) is 0 Å². The van der Waals surface area contributed by atoms with Gasteiger partial charge in [0.1, 0.15) is 5.82 Å². The fourth-order valence-electron chi connectivity index (χ4n) is 1.86. The average molecular weight is 321 g/mol.